The van der Waals surface area contributed by atoms with Gasteiger partial charge in [-0.3, -0.25) is 0 Å². The van der Waals surface area contributed by atoms with Crippen LogP contribution in [-0.2, 0) is 20.1 Å². The predicted molar refractivity (Wildman–Crippen MR) is 185 cm³/mol. The Morgan fingerprint density at radius 2 is 1.60 bits per heavy atom. The van der Waals surface area contributed by atoms with Crippen molar-refractivity contribution in [2.75, 3.05) is 4.90 Å². The van der Waals surface area contributed by atoms with Gasteiger partial charge < -0.3 is 19.6 Å². The molecular weight excluding hydrogens is 747 g/mol. The van der Waals surface area contributed by atoms with Crippen LogP contribution >= 0.6 is 0 Å². The fourth-order valence-corrected chi connectivity index (χ4v) is 6.45. The second-order valence-electron chi connectivity index (χ2n) is 11.7. The Balaban J connectivity index is 0.000000177. The van der Waals surface area contributed by atoms with Crippen LogP contribution in [0.2, 0.25) is 19.6 Å². The molecule has 8 rings (SSSR count). The predicted octanol–water partition coefficient (Wildman–Crippen LogP) is 10.3. The molecule has 0 radical (unpaired) electrons. The minimum atomic E-state index is -1.36. The molecule has 0 saturated carbocycles. The van der Waals surface area contributed by atoms with Gasteiger partial charge in [0.15, 0.2) is 0 Å². The van der Waals surface area contributed by atoms with E-state index in [-0.39, 0.29) is 44.4 Å². The van der Waals surface area contributed by atoms with Gasteiger partial charge in [-0.2, -0.15) is 17.7 Å². The maximum atomic E-state index is 7.64. The van der Waals surface area contributed by atoms with Gasteiger partial charge in [0, 0.05) is 25.9 Å². The van der Waals surface area contributed by atoms with Gasteiger partial charge in [-0.25, -0.2) is 0 Å². The first-order valence-corrected chi connectivity index (χ1v) is 18.1. The standard InChI is InChI=1S/C25H16N2O.C14H16NSi.Ir/c1-2-8-18(9-3-1)27-22-12-6-5-11-21(22)26-25(27)17-14-15-20-19-10-4-7-13-23(19)28-24(20)16-17;1-16(2,3)13-9-10-14(15-11-13)12-7-5-4-6-8-12;/h1-13,15-16,25H;4-7,9-11H,1-3H3;/q-2;-1;+3/i;4D,5D,6D;. The van der Waals surface area contributed by atoms with Crippen molar-refractivity contribution >= 4 is 52.3 Å². The molecule has 6 heteroatoms. The summed E-state index contributed by atoms with van der Waals surface area (Å²) in [6, 6.07) is 42.5. The smallest absolute Gasteiger partial charge is 0.661 e. The zero-order valence-corrected chi connectivity index (χ0v) is 28.5. The summed E-state index contributed by atoms with van der Waals surface area (Å²) in [5, 5.41) is 8.46. The van der Waals surface area contributed by atoms with Gasteiger partial charge in [0.25, 0.3) is 0 Å². The molecule has 2 aromatic heterocycles. The van der Waals surface area contributed by atoms with E-state index in [4.69, 9.17) is 13.8 Å². The topological polar surface area (TPSA) is 43.4 Å². The Morgan fingerprint density at radius 1 is 0.822 bits per heavy atom. The van der Waals surface area contributed by atoms with E-state index >= 15 is 0 Å². The number of fused-ring (bicyclic) bond motifs is 4. The van der Waals surface area contributed by atoms with E-state index in [0.29, 0.717) is 11.3 Å². The molecule has 1 atom stereocenters. The quantitative estimate of drug-likeness (QED) is 0.132. The number of furan rings is 1. The largest absolute Gasteiger partial charge is 3.00 e. The van der Waals surface area contributed by atoms with E-state index < -0.39 is 8.07 Å². The van der Waals surface area contributed by atoms with Crippen molar-refractivity contribution in [1.29, 1.82) is 0 Å². The first kappa shape index (κ1) is 26.9. The molecule has 0 N–H and O–H groups in total. The number of para-hydroxylation sites is 4. The molecule has 0 saturated heterocycles. The number of benzene rings is 5. The van der Waals surface area contributed by atoms with Crippen LogP contribution in [0.3, 0.4) is 0 Å². The van der Waals surface area contributed by atoms with E-state index in [1.54, 1.807) is 0 Å². The number of aromatic nitrogens is 1. The van der Waals surface area contributed by atoms with Gasteiger partial charge in [0.1, 0.15) is 5.58 Å². The molecule has 222 valence electrons. The minimum absolute atomic E-state index is 0. The summed E-state index contributed by atoms with van der Waals surface area (Å²) in [5.41, 5.74) is 7.28. The molecule has 45 heavy (non-hydrogen) atoms. The number of hydrogen-bond acceptors (Lipinski definition) is 3. The molecule has 0 fully saturated rings. The van der Waals surface area contributed by atoms with Crippen molar-refractivity contribution in [3.63, 3.8) is 0 Å². The summed E-state index contributed by atoms with van der Waals surface area (Å²) in [5.74, 6) is 0. The molecule has 0 amide bonds. The first-order chi connectivity index (χ1) is 22.7. The monoisotopic (exact) mass is 782 g/mol. The van der Waals surface area contributed by atoms with Crippen molar-refractivity contribution in [1.82, 2.24) is 4.98 Å². The van der Waals surface area contributed by atoms with Crippen LogP contribution in [-0.4, -0.2) is 13.1 Å². The number of rotatable bonds is 4. The van der Waals surface area contributed by atoms with Gasteiger partial charge in [0.05, 0.1) is 8.07 Å². The number of nitrogens with zero attached hydrogens (tertiary/aromatic N) is 3. The molecule has 3 heterocycles. The molecule has 4 nitrogen and oxygen atoms in total. The third-order valence-corrected chi connectivity index (χ3v) is 9.77. The van der Waals surface area contributed by atoms with Crippen molar-refractivity contribution in [2.24, 2.45) is 0 Å². The molecule has 0 spiro atoms. The number of anilines is 2. The fraction of sp³-hybridized carbons (Fsp3) is 0.103. The van der Waals surface area contributed by atoms with Gasteiger partial charge in [-0.15, -0.1) is 47.6 Å². The summed E-state index contributed by atoms with van der Waals surface area (Å²) in [6.45, 7) is 6.78. The van der Waals surface area contributed by atoms with E-state index in [2.05, 4.69) is 102 Å². The zero-order valence-electron chi connectivity index (χ0n) is 28.1. The summed E-state index contributed by atoms with van der Waals surface area (Å²) in [4.78, 5) is 6.66. The number of pyridine rings is 1. The summed E-state index contributed by atoms with van der Waals surface area (Å²) < 4.78 is 28.8. The van der Waals surface area contributed by atoms with Crippen LogP contribution in [0.4, 0.5) is 17.1 Å². The van der Waals surface area contributed by atoms with Crippen LogP contribution < -0.4 is 10.1 Å². The molecule has 0 aliphatic carbocycles. The minimum Gasteiger partial charge on any atom is -0.661 e. The molecule has 7 aromatic rings. The van der Waals surface area contributed by atoms with Gasteiger partial charge >= 0.3 is 20.1 Å². The van der Waals surface area contributed by atoms with Gasteiger partial charge in [0.2, 0.25) is 0 Å². The maximum absolute atomic E-state index is 7.64. The van der Waals surface area contributed by atoms with Crippen molar-refractivity contribution in [3.05, 3.63) is 157 Å². The average Bonchev–Trinajstić information content (AvgIpc) is 3.66. The SMILES string of the molecule is [2H]c1[c-]c(-c2ccc([Si](C)(C)C)cn2)cc([2H])c1[2H].[Ir+3].[c-]1cc2c(cc1C1[N-]c3ccccc3N1c1ccccc1)oc1ccccc12. The third-order valence-electron chi connectivity index (χ3n) is 7.75. The number of hydrogen-bond donors (Lipinski definition) is 0. The first-order valence-electron chi connectivity index (χ1n) is 16.1. The molecule has 0 bridgehead atoms. The Labute approximate surface area is 283 Å². The fourth-order valence-electron chi connectivity index (χ4n) is 5.42. The summed E-state index contributed by atoms with van der Waals surface area (Å²) >= 11 is 0. The van der Waals surface area contributed by atoms with Gasteiger partial charge in [-0.1, -0.05) is 91.8 Å². The second-order valence-corrected chi connectivity index (χ2v) is 16.8. The second kappa shape index (κ2) is 12.9. The Kier molecular flexibility index (Phi) is 7.68. The average molecular weight is 782 g/mol. The van der Waals surface area contributed by atoms with Crippen molar-refractivity contribution < 1.29 is 28.6 Å². The van der Waals surface area contributed by atoms with Crippen molar-refractivity contribution in [2.45, 2.75) is 25.8 Å². The summed E-state index contributed by atoms with van der Waals surface area (Å²) in [7, 11) is -1.36. The normalized spacial score (nSPS) is 14.8. The third kappa shape index (κ3) is 6.23. The van der Waals surface area contributed by atoms with Crippen LogP contribution in [0.5, 0.6) is 0 Å². The molecular formula is C39H32IrN3OSi. The summed E-state index contributed by atoms with van der Waals surface area (Å²) in [6.07, 6.45) is 1.70. The van der Waals surface area contributed by atoms with Crippen LogP contribution in [0.25, 0.3) is 38.5 Å². The van der Waals surface area contributed by atoms with Crippen molar-refractivity contribution in [3.8, 4) is 11.3 Å². The Morgan fingerprint density at radius 3 is 2.38 bits per heavy atom. The van der Waals surface area contributed by atoms with E-state index in [0.717, 1.165) is 44.6 Å². The van der Waals surface area contributed by atoms with Crippen LogP contribution in [0.1, 0.15) is 15.8 Å². The zero-order chi connectivity index (χ0) is 32.7. The van der Waals surface area contributed by atoms with E-state index in [1.807, 2.05) is 48.7 Å². The molecule has 1 unspecified atom stereocenters. The molecule has 1 aliphatic rings. The van der Waals surface area contributed by atoms with Gasteiger partial charge in [-0.05, 0) is 48.1 Å². The van der Waals surface area contributed by atoms with E-state index in [1.165, 1.54) is 11.3 Å². The van der Waals surface area contributed by atoms with E-state index in [9.17, 15) is 0 Å². The molecule has 1 aliphatic heterocycles. The molecule has 5 aromatic carbocycles. The van der Waals surface area contributed by atoms with Crippen LogP contribution in [0.15, 0.2) is 138 Å². The Hall–Kier alpha value is -4.48. The Bertz CT molecular complexity index is 2200. The maximum Gasteiger partial charge on any atom is 3.00 e. The van der Waals surface area contributed by atoms with Crippen LogP contribution in [0, 0.1) is 12.1 Å².